The van der Waals surface area contributed by atoms with Crippen LogP contribution in [0.1, 0.15) is 122 Å². The van der Waals surface area contributed by atoms with Crippen LogP contribution in [-0.2, 0) is 42.2 Å². The second-order valence-electron chi connectivity index (χ2n) is 22.0. The van der Waals surface area contributed by atoms with E-state index in [1.165, 1.54) is 64.1 Å². The second kappa shape index (κ2) is 59.5. The van der Waals surface area contributed by atoms with Gasteiger partial charge in [0.15, 0.2) is 0 Å². The number of aromatic nitrogens is 1. The summed E-state index contributed by atoms with van der Waals surface area (Å²) in [7, 11) is 3.34. The molecule has 0 saturated heterocycles. The number of para-hydroxylation sites is 1. The molecule has 2 aliphatic rings. The standard InChI is InChI=1S/C21H24N2O4.C18H20N2O2.C7H4ClNO2S2.C7H16N2O2.2C6H14N2O2.C6H15N.C3H5ClO2/c1-2-26-20(24)22-12-7-13-23-21(25)27-14-19-17-10-5-3-8-15(17)16-9-4-6-11-18(16)19;19-10-5-11-20-18(21)22-12-17-15-8-3-1-6-13(15)14-7-2-4-9-16(14)17;8-13(10,11)7-9-5-3-1-2-4-6(5)12-7;1-3-11-7(10)9-6-4-5-8-2;2*1-2-10-6(9)8-5-3-4-7;1-4-7(5-2)6-3;1-2-6-3(4)5/h3-6,8-11,19H,2,7,12-14H2,1H3,(H,22,24)(H,23,25);1-4,6-9,17H,5,10-12,19H2,(H,20,21);1-4H;8H,3-6H2,1-2H3,(H,9,10);2*2-5,7H2,1H3,(H,8,9);4-6H2,1-3H3;2H2,1H3. The second-order valence-corrected chi connectivity index (χ2v) is 26.1. The minimum absolute atomic E-state index is 0.0460. The molecule has 6 aromatic rings. The van der Waals surface area contributed by atoms with Crippen molar-refractivity contribution in [2.24, 2.45) is 17.2 Å². The summed E-state index contributed by atoms with van der Waals surface area (Å²) < 4.78 is 56.2. The van der Waals surface area contributed by atoms with Gasteiger partial charge in [0.1, 0.15) is 13.2 Å². The third kappa shape index (κ3) is 40.8. The maximum atomic E-state index is 12.0. The summed E-state index contributed by atoms with van der Waals surface area (Å²) in [6.45, 7) is 27.4. The quantitative estimate of drug-likeness (QED) is 0.0114. The van der Waals surface area contributed by atoms with Crippen molar-refractivity contribution in [3.05, 3.63) is 144 Å². The third-order valence-corrected chi connectivity index (χ3v) is 17.7. The van der Waals surface area contributed by atoms with Crippen molar-refractivity contribution in [3.8, 4) is 22.3 Å². The van der Waals surface area contributed by atoms with Crippen LogP contribution in [0.15, 0.2) is 126 Å². The Morgan fingerprint density at radius 3 is 0.962 bits per heavy atom. The fraction of sp³-hybridized carbons (Fsp3) is 0.486. The summed E-state index contributed by atoms with van der Waals surface area (Å²) in [5, 5.41) is 18.7. The Hall–Kier alpha value is -8.59. The van der Waals surface area contributed by atoms with E-state index in [1.54, 1.807) is 52.8 Å². The van der Waals surface area contributed by atoms with Crippen LogP contribution in [0, 0.1) is 0 Å². The van der Waals surface area contributed by atoms with E-state index in [9.17, 15) is 42.0 Å². The predicted molar refractivity (Wildman–Crippen MR) is 419 cm³/mol. The van der Waals surface area contributed by atoms with Crippen LogP contribution in [0.5, 0.6) is 0 Å². The average molecular weight is 1560 g/mol. The Morgan fingerprint density at radius 2 is 0.708 bits per heavy atom. The van der Waals surface area contributed by atoms with Gasteiger partial charge in [-0.15, -0.1) is 11.3 Å². The first-order valence-electron chi connectivity index (χ1n) is 35.5. The van der Waals surface area contributed by atoms with E-state index >= 15 is 0 Å². The molecule has 0 bridgehead atoms. The highest BCUT2D eigenvalue weighted by Crippen LogP contribution is 2.46. The molecule has 28 nitrogen and oxygen atoms in total. The number of nitrogens with zero attached hydrogens (tertiary/aromatic N) is 2. The Kier molecular flexibility index (Phi) is 53.6. The molecule has 0 unspecified atom stereocenters. The fourth-order valence-electron chi connectivity index (χ4n) is 9.57. The van der Waals surface area contributed by atoms with Crippen molar-refractivity contribution < 1.29 is 75.1 Å². The number of nitrogens with one attached hydrogen (secondary N) is 7. The van der Waals surface area contributed by atoms with Gasteiger partial charge in [0.25, 0.3) is 9.05 Å². The number of ether oxygens (including phenoxy) is 7. The molecule has 32 heteroatoms. The number of carbonyl (C=O) groups excluding carboxylic acids is 7. The molecule has 0 atom stereocenters. The molecular weight excluding hydrogens is 1450 g/mol. The van der Waals surface area contributed by atoms with Gasteiger partial charge in [-0.25, -0.2) is 47.0 Å². The zero-order valence-electron chi connectivity index (χ0n) is 62.6. The first kappa shape index (κ1) is 95.4. The summed E-state index contributed by atoms with van der Waals surface area (Å²) in [5.41, 5.74) is 25.4. The van der Waals surface area contributed by atoms with E-state index in [0.717, 1.165) is 48.3 Å². The Bertz CT molecular complexity index is 3410. The van der Waals surface area contributed by atoms with Gasteiger partial charge < -0.3 is 92.5 Å². The highest BCUT2D eigenvalue weighted by molar-refractivity contribution is 8.15. The molecule has 106 heavy (non-hydrogen) atoms. The van der Waals surface area contributed by atoms with Crippen LogP contribution in [0.4, 0.5) is 33.6 Å². The van der Waals surface area contributed by atoms with Gasteiger partial charge in [-0.1, -0.05) is 130 Å². The van der Waals surface area contributed by atoms with Crippen LogP contribution in [0.2, 0.25) is 0 Å². The molecule has 0 fully saturated rings. The van der Waals surface area contributed by atoms with Crippen molar-refractivity contribution >= 4 is 94.9 Å². The zero-order valence-corrected chi connectivity index (χ0v) is 65.8. The summed E-state index contributed by atoms with van der Waals surface area (Å²) in [5.74, 6) is 0.154. The SMILES string of the molecule is CCN(CC)CC.CCOC(=O)Cl.CCOC(=O)NCCCN.CCOC(=O)NCCCN.CCOC(=O)NCCCNC.CCOC(=O)NCCCNC(=O)OCC1c2ccccc2-c2ccccc21.NCCCNC(=O)OCC1c2ccccc2-c2ccccc21.O=S(=O)(Cl)c1nc2ccccc2s1. The van der Waals surface area contributed by atoms with E-state index in [-0.39, 0.29) is 40.5 Å². The van der Waals surface area contributed by atoms with Crippen molar-refractivity contribution in [2.45, 2.75) is 104 Å². The van der Waals surface area contributed by atoms with Crippen molar-refractivity contribution in [1.29, 1.82) is 0 Å². The number of benzene rings is 5. The smallest absolute Gasteiger partial charge is 0.407 e. The molecule has 5 aromatic carbocycles. The fourth-order valence-corrected chi connectivity index (χ4v) is 11.6. The molecule has 6 amide bonds. The van der Waals surface area contributed by atoms with Crippen molar-refractivity contribution in [1.82, 2.24) is 47.1 Å². The summed E-state index contributed by atoms with van der Waals surface area (Å²) >= 11 is 5.79. The summed E-state index contributed by atoms with van der Waals surface area (Å²) in [6.07, 6.45) is 1.53. The van der Waals surface area contributed by atoms with E-state index < -0.39 is 26.7 Å². The van der Waals surface area contributed by atoms with Crippen LogP contribution in [0.3, 0.4) is 0 Å². The molecule has 1 aromatic heterocycles. The number of rotatable bonds is 30. The third-order valence-electron chi connectivity index (χ3n) is 14.6. The minimum Gasteiger partial charge on any atom is -0.454 e. The average Bonchev–Trinajstić information content (AvgIpc) is 1.63. The molecule has 8 rings (SSSR count). The van der Waals surface area contributed by atoms with Gasteiger partial charge in [-0.05, 0) is 176 Å². The number of amides is 6. The van der Waals surface area contributed by atoms with E-state index in [4.69, 9.17) is 53.7 Å². The zero-order chi connectivity index (χ0) is 78.8. The first-order chi connectivity index (χ1) is 51.1. The molecule has 1 heterocycles. The molecular formula is C74H112Cl2N12O16S2. The van der Waals surface area contributed by atoms with Gasteiger partial charge in [0.05, 0.1) is 43.3 Å². The lowest BCUT2D eigenvalue weighted by Gasteiger charge is -2.14. The lowest BCUT2D eigenvalue weighted by Crippen LogP contribution is -2.31. The van der Waals surface area contributed by atoms with Gasteiger partial charge in [-0.3, -0.25) is 0 Å². The van der Waals surface area contributed by atoms with Gasteiger partial charge >= 0.3 is 42.0 Å². The van der Waals surface area contributed by atoms with Crippen LogP contribution < -0.4 is 54.4 Å². The van der Waals surface area contributed by atoms with Crippen LogP contribution in [-0.4, -0.2) is 199 Å². The molecule has 0 saturated carbocycles. The summed E-state index contributed by atoms with van der Waals surface area (Å²) in [6, 6.07) is 40.2. The number of hydrogen-bond acceptors (Lipinski definition) is 23. The predicted octanol–water partition coefficient (Wildman–Crippen LogP) is 12.0. The maximum absolute atomic E-state index is 12.0. The topological polar surface area (TPSA) is 397 Å². The Labute approximate surface area is 638 Å². The molecule has 0 spiro atoms. The highest BCUT2D eigenvalue weighted by Gasteiger charge is 2.30. The van der Waals surface area contributed by atoms with Crippen LogP contribution >= 0.6 is 33.6 Å². The van der Waals surface area contributed by atoms with Gasteiger partial charge in [-0.2, -0.15) is 0 Å². The molecule has 0 radical (unpaired) electrons. The number of carbonyl (C=O) groups is 7. The lowest BCUT2D eigenvalue weighted by molar-refractivity contribution is 0.142. The molecule has 13 N–H and O–H groups in total. The van der Waals surface area contributed by atoms with E-state index in [1.807, 2.05) is 61.6 Å². The number of nitrogens with two attached hydrogens (primary N) is 3. The normalized spacial score (nSPS) is 10.9. The van der Waals surface area contributed by atoms with Gasteiger partial charge in [0.2, 0.25) is 4.34 Å². The first-order valence-corrected chi connectivity index (χ1v) is 39.0. The number of hydrogen-bond donors (Lipinski definition) is 10. The Balaban J connectivity index is 0.000000640. The monoisotopic (exact) mass is 1560 g/mol. The van der Waals surface area contributed by atoms with Crippen molar-refractivity contribution in [3.63, 3.8) is 0 Å². The number of thiazole rings is 1. The van der Waals surface area contributed by atoms with E-state index in [0.29, 0.717) is 117 Å². The largest absolute Gasteiger partial charge is 0.454 e. The number of alkyl carbamates (subject to hydrolysis) is 6. The number of halogens is 2. The Morgan fingerprint density at radius 1 is 0.425 bits per heavy atom. The molecule has 590 valence electrons. The van der Waals surface area contributed by atoms with Crippen LogP contribution in [0.25, 0.3) is 32.5 Å². The minimum atomic E-state index is -3.69. The number of fused-ring (bicyclic) bond motifs is 7. The summed E-state index contributed by atoms with van der Waals surface area (Å²) in [4.78, 5) is 82.4. The lowest BCUT2D eigenvalue weighted by atomic mass is 9.98. The van der Waals surface area contributed by atoms with Gasteiger partial charge in [0, 0.05) is 73.4 Å². The maximum Gasteiger partial charge on any atom is 0.407 e. The molecule has 0 aliphatic heterocycles. The highest BCUT2D eigenvalue weighted by atomic mass is 35.7. The molecule has 2 aliphatic carbocycles. The van der Waals surface area contributed by atoms with E-state index in [2.05, 4.69) is 135 Å². The van der Waals surface area contributed by atoms with Crippen molar-refractivity contribution in [2.75, 3.05) is 138 Å².